The predicted molar refractivity (Wildman–Crippen MR) is 109 cm³/mol. The molecule has 0 aliphatic carbocycles. The lowest BCUT2D eigenvalue weighted by atomic mass is 9.75. The van der Waals surface area contributed by atoms with Crippen LogP contribution in [0.25, 0.3) is 0 Å². The van der Waals surface area contributed by atoms with Crippen LogP contribution < -0.4 is 20.9 Å². The smallest absolute Gasteiger partial charge is 0.307 e. The molecule has 0 bridgehead atoms. The van der Waals surface area contributed by atoms with Crippen LogP contribution in [0.4, 0.5) is 5.69 Å². The van der Waals surface area contributed by atoms with E-state index in [2.05, 4.69) is 16.2 Å². The van der Waals surface area contributed by atoms with Crippen LogP contribution in [0.15, 0.2) is 48.5 Å². The Hall–Kier alpha value is -3.01. The number of non-ortho nitro benzene ring substituents is 1. The third kappa shape index (κ3) is 3.87. The van der Waals surface area contributed by atoms with Crippen LogP contribution in [0, 0.1) is 22.0 Å². The highest BCUT2D eigenvalue weighted by Gasteiger charge is 2.49. The molecule has 5 atom stereocenters. The van der Waals surface area contributed by atoms with Crippen LogP contribution in [0.2, 0.25) is 0 Å². The quantitative estimate of drug-likeness (QED) is 0.421. The maximum atomic E-state index is 12.1. The molecule has 0 aromatic heterocycles. The standard InChI is InChI=1S/C21H24N4O5/c1-2-30-15-9-5-12(6-10-15)17-11-16(21(26)27)18-19(23-24-20(18)22-17)13-3-7-14(8-4-13)25(28)29/h3-10,16-20,22-24H,2,11H2,1H3,(H,26,27). The van der Waals surface area contributed by atoms with Crippen molar-refractivity contribution in [1.29, 1.82) is 0 Å². The van der Waals surface area contributed by atoms with Gasteiger partial charge in [0.15, 0.2) is 0 Å². The molecule has 158 valence electrons. The number of carboxylic acids is 1. The lowest BCUT2D eigenvalue weighted by Crippen LogP contribution is -2.53. The Bertz CT molecular complexity index is 918. The van der Waals surface area contributed by atoms with Crippen molar-refractivity contribution in [3.8, 4) is 5.75 Å². The first-order valence-corrected chi connectivity index (χ1v) is 9.95. The lowest BCUT2D eigenvalue weighted by molar-refractivity contribution is -0.384. The summed E-state index contributed by atoms with van der Waals surface area (Å²) in [7, 11) is 0. The number of ether oxygens (including phenoxy) is 1. The second-order valence-corrected chi connectivity index (χ2v) is 7.57. The molecular formula is C21H24N4O5. The molecule has 9 nitrogen and oxygen atoms in total. The number of hydrazine groups is 1. The summed E-state index contributed by atoms with van der Waals surface area (Å²) in [6.45, 7) is 2.51. The van der Waals surface area contributed by atoms with E-state index in [1.807, 2.05) is 31.2 Å². The Labute approximate surface area is 173 Å². The molecule has 2 aliphatic heterocycles. The summed E-state index contributed by atoms with van der Waals surface area (Å²) >= 11 is 0. The minimum atomic E-state index is -0.847. The number of benzene rings is 2. The summed E-state index contributed by atoms with van der Waals surface area (Å²) < 4.78 is 5.48. The molecule has 2 aliphatic rings. The van der Waals surface area contributed by atoms with Crippen molar-refractivity contribution in [2.75, 3.05) is 6.61 Å². The van der Waals surface area contributed by atoms with Gasteiger partial charge >= 0.3 is 5.97 Å². The fraction of sp³-hybridized carbons (Fsp3) is 0.381. The number of carboxylic acid groups (broad SMARTS) is 1. The average molecular weight is 412 g/mol. The number of nitrogens with one attached hydrogen (secondary N) is 3. The van der Waals surface area contributed by atoms with Gasteiger partial charge in [-0.05, 0) is 36.6 Å². The number of carbonyl (C=O) groups is 1. The van der Waals surface area contributed by atoms with Gasteiger partial charge in [-0.25, -0.2) is 10.9 Å². The van der Waals surface area contributed by atoms with Gasteiger partial charge in [-0.3, -0.25) is 20.2 Å². The molecule has 2 saturated heterocycles. The zero-order valence-electron chi connectivity index (χ0n) is 16.4. The summed E-state index contributed by atoms with van der Waals surface area (Å²) in [4.78, 5) is 22.6. The third-order valence-electron chi connectivity index (χ3n) is 5.87. The minimum absolute atomic E-state index is 0.00775. The van der Waals surface area contributed by atoms with E-state index in [9.17, 15) is 20.0 Å². The van der Waals surface area contributed by atoms with E-state index in [-0.39, 0.29) is 29.9 Å². The number of nitro benzene ring substituents is 1. The topological polar surface area (TPSA) is 126 Å². The number of hydrogen-bond donors (Lipinski definition) is 4. The van der Waals surface area contributed by atoms with E-state index >= 15 is 0 Å². The van der Waals surface area contributed by atoms with Crippen molar-refractivity contribution in [2.24, 2.45) is 11.8 Å². The van der Waals surface area contributed by atoms with E-state index in [0.29, 0.717) is 13.0 Å². The molecule has 4 N–H and O–H groups in total. The Morgan fingerprint density at radius 1 is 1.13 bits per heavy atom. The van der Waals surface area contributed by atoms with E-state index in [1.54, 1.807) is 12.1 Å². The maximum absolute atomic E-state index is 12.1. The molecule has 30 heavy (non-hydrogen) atoms. The van der Waals surface area contributed by atoms with Gasteiger partial charge in [-0.2, -0.15) is 0 Å². The molecule has 4 rings (SSSR count). The Kier molecular flexibility index (Phi) is 5.67. The van der Waals surface area contributed by atoms with E-state index in [4.69, 9.17) is 4.74 Å². The number of rotatable bonds is 6. The van der Waals surface area contributed by atoms with Crippen LogP contribution in [-0.2, 0) is 4.79 Å². The number of piperidine rings is 1. The normalized spacial score (nSPS) is 28.0. The fourth-order valence-electron chi connectivity index (χ4n) is 4.45. The summed E-state index contributed by atoms with van der Waals surface area (Å²) in [6.07, 6.45) is 0.189. The zero-order chi connectivity index (χ0) is 21.3. The summed E-state index contributed by atoms with van der Waals surface area (Å²) in [6, 6.07) is 13.5. The van der Waals surface area contributed by atoms with Crippen LogP contribution in [0.3, 0.4) is 0 Å². The third-order valence-corrected chi connectivity index (χ3v) is 5.87. The molecule has 0 spiro atoms. The van der Waals surface area contributed by atoms with Gasteiger partial charge in [0, 0.05) is 24.1 Å². The number of hydrogen-bond acceptors (Lipinski definition) is 7. The van der Waals surface area contributed by atoms with Gasteiger partial charge in [0.05, 0.1) is 29.7 Å². The molecule has 2 fully saturated rings. The first-order chi connectivity index (χ1) is 14.5. The van der Waals surface area contributed by atoms with Crippen molar-refractivity contribution in [2.45, 2.75) is 31.6 Å². The van der Waals surface area contributed by atoms with E-state index in [1.165, 1.54) is 12.1 Å². The van der Waals surface area contributed by atoms with Gasteiger partial charge in [-0.1, -0.05) is 24.3 Å². The average Bonchev–Trinajstić information content (AvgIpc) is 3.18. The highest BCUT2D eigenvalue weighted by molar-refractivity contribution is 5.71. The Morgan fingerprint density at radius 3 is 2.40 bits per heavy atom. The highest BCUT2D eigenvalue weighted by Crippen LogP contribution is 2.42. The van der Waals surface area contributed by atoms with Crippen molar-refractivity contribution in [1.82, 2.24) is 16.2 Å². The van der Waals surface area contributed by atoms with Crippen molar-refractivity contribution >= 4 is 11.7 Å². The molecule has 2 aromatic rings. The Balaban J connectivity index is 1.56. The second-order valence-electron chi connectivity index (χ2n) is 7.57. The predicted octanol–water partition coefficient (Wildman–Crippen LogP) is 2.52. The zero-order valence-corrected chi connectivity index (χ0v) is 16.4. The lowest BCUT2D eigenvalue weighted by Gasteiger charge is -2.39. The largest absolute Gasteiger partial charge is 0.494 e. The van der Waals surface area contributed by atoms with E-state index < -0.39 is 16.8 Å². The number of nitro groups is 1. The molecule has 2 heterocycles. The molecule has 0 amide bonds. The fourth-order valence-corrected chi connectivity index (χ4v) is 4.45. The molecule has 9 heteroatoms. The van der Waals surface area contributed by atoms with Crippen LogP contribution >= 0.6 is 0 Å². The first kappa shape index (κ1) is 20.3. The number of fused-ring (bicyclic) bond motifs is 1. The van der Waals surface area contributed by atoms with Crippen molar-refractivity contribution in [3.63, 3.8) is 0 Å². The van der Waals surface area contributed by atoms with E-state index in [0.717, 1.165) is 16.9 Å². The number of aliphatic carboxylic acids is 1. The molecule has 5 unspecified atom stereocenters. The van der Waals surface area contributed by atoms with Crippen LogP contribution in [0.1, 0.15) is 36.6 Å². The van der Waals surface area contributed by atoms with Crippen LogP contribution in [-0.4, -0.2) is 28.8 Å². The Morgan fingerprint density at radius 2 is 1.80 bits per heavy atom. The van der Waals surface area contributed by atoms with Crippen molar-refractivity contribution < 1.29 is 19.6 Å². The molecule has 0 radical (unpaired) electrons. The van der Waals surface area contributed by atoms with Gasteiger partial charge in [0.25, 0.3) is 5.69 Å². The second kappa shape index (κ2) is 8.39. The monoisotopic (exact) mass is 412 g/mol. The highest BCUT2D eigenvalue weighted by atomic mass is 16.6. The maximum Gasteiger partial charge on any atom is 0.307 e. The summed E-state index contributed by atoms with van der Waals surface area (Å²) in [5, 5.41) is 24.4. The molecular weight excluding hydrogens is 388 g/mol. The first-order valence-electron chi connectivity index (χ1n) is 9.95. The summed E-state index contributed by atoms with van der Waals surface area (Å²) in [5.41, 5.74) is 8.18. The summed E-state index contributed by atoms with van der Waals surface area (Å²) in [5.74, 6) is -0.901. The number of nitrogens with zero attached hydrogens (tertiary/aromatic N) is 1. The van der Waals surface area contributed by atoms with Gasteiger partial charge in [-0.15, -0.1) is 0 Å². The molecule has 0 saturated carbocycles. The SMILES string of the molecule is CCOc1ccc(C2CC(C(=O)O)C3C(NNC3c3ccc([N+](=O)[O-])cc3)N2)cc1. The van der Waals surface area contributed by atoms with Gasteiger partial charge in [0.2, 0.25) is 0 Å². The van der Waals surface area contributed by atoms with Gasteiger partial charge < -0.3 is 9.84 Å². The van der Waals surface area contributed by atoms with Gasteiger partial charge in [0.1, 0.15) is 5.75 Å². The molecule has 2 aromatic carbocycles. The minimum Gasteiger partial charge on any atom is -0.494 e. The van der Waals surface area contributed by atoms with Crippen molar-refractivity contribution in [3.05, 3.63) is 69.8 Å². The van der Waals surface area contributed by atoms with Crippen LogP contribution in [0.5, 0.6) is 5.75 Å².